The van der Waals surface area contributed by atoms with Gasteiger partial charge >= 0.3 is 6.09 Å². The molecule has 0 radical (unpaired) electrons. The van der Waals surface area contributed by atoms with Crippen LogP contribution >= 0.6 is 0 Å². The zero-order valence-electron chi connectivity index (χ0n) is 12.0. The summed E-state index contributed by atoms with van der Waals surface area (Å²) >= 11 is 0. The number of rotatable bonds is 3. The highest BCUT2D eigenvalue weighted by molar-refractivity contribution is 5.93. The second kappa shape index (κ2) is 5.35. The molecule has 2 fully saturated rings. The van der Waals surface area contributed by atoms with E-state index in [4.69, 9.17) is 4.74 Å². The van der Waals surface area contributed by atoms with Gasteiger partial charge in [-0.05, 0) is 52.5 Å². The van der Waals surface area contributed by atoms with E-state index in [1.807, 2.05) is 26.8 Å². The van der Waals surface area contributed by atoms with Crippen molar-refractivity contribution in [2.24, 2.45) is 5.92 Å². The number of hydrogen-bond donors (Lipinski definition) is 0. The second-order valence-electron chi connectivity index (χ2n) is 6.42. The average Bonchev–Trinajstić information content (AvgIpc) is 3.02. The van der Waals surface area contributed by atoms with Crippen molar-refractivity contribution in [2.45, 2.75) is 58.1 Å². The molecule has 1 aliphatic heterocycles. The van der Waals surface area contributed by atoms with Crippen molar-refractivity contribution in [3.05, 3.63) is 12.2 Å². The van der Waals surface area contributed by atoms with Gasteiger partial charge in [-0.15, -0.1) is 0 Å². The number of likely N-dealkylation sites (tertiary alicyclic amines) is 1. The number of amides is 1. The molecule has 2 rings (SSSR count). The third-order valence-electron chi connectivity index (χ3n) is 3.39. The predicted octanol–water partition coefficient (Wildman–Crippen LogP) is 2.92. The largest absolute Gasteiger partial charge is 0.444 e. The summed E-state index contributed by atoms with van der Waals surface area (Å²) in [6.45, 7) is 6.30. The molecule has 0 aromatic carbocycles. The van der Waals surface area contributed by atoms with Crippen molar-refractivity contribution in [1.29, 1.82) is 0 Å². The Bertz CT molecular complexity index is 391. The van der Waals surface area contributed by atoms with Gasteiger partial charge in [0.25, 0.3) is 0 Å². The number of carbonyl (C=O) groups excluding carboxylic acids is 2. The van der Waals surface area contributed by atoms with E-state index in [1.54, 1.807) is 11.0 Å². The Balaban J connectivity index is 1.92. The SMILES string of the molecule is CC(C)(C)OC(=O)N1CCCC1/C=C/C(=O)C1CC1. The Morgan fingerprint density at radius 3 is 2.47 bits per heavy atom. The molecule has 0 N–H and O–H groups in total. The molecule has 4 heteroatoms. The minimum absolute atomic E-state index is 0.0116. The van der Waals surface area contributed by atoms with Gasteiger partial charge in [-0.2, -0.15) is 0 Å². The smallest absolute Gasteiger partial charge is 0.410 e. The first-order chi connectivity index (χ1) is 8.87. The third kappa shape index (κ3) is 4.08. The van der Waals surface area contributed by atoms with E-state index >= 15 is 0 Å². The molecule has 0 spiro atoms. The van der Waals surface area contributed by atoms with Crippen molar-refractivity contribution in [1.82, 2.24) is 4.90 Å². The van der Waals surface area contributed by atoms with Crippen LogP contribution in [0.4, 0.5) is 4.79 Å². The Kier molecular flexibility index (Phi) is 3.97. The lowest BCUT2D eigenvalue weighted by atomic mass is 10.1. The highest BCUT2D eigenvalue weighted by Crippen LogP contribution is 2.30. The molecule has 4 nitrogen and oxygen atoms in total. The Morgan fingerprint density at radius 2 is 1.89 bits per heavy atom. The molecule has 1 atom stereocenters. The van der Waals surface area contributed by atoms with Gasteiger partial charge in [0.1, 0.15) is 5.60 Å². The van der Waals surface area contributed by atoms with Crippen LogP contribution in [-0.2, 0) is 9.53 Å². The van der Waals surface area contributed by atoms with Crippen LogP contribution in [-0.4, -0.2) is 35.0 Å². The highest BCUT2D eigenvalue weighted by atomic mass is 16.6. The minimum Gasteiger partial charge on any atom is -0.444 e. The normalized spacial score (nSPS) is 23.9. The lowest BCUT2D eigenvalue weighted by Gasteiger charge is -2.27. The summed E-state index contributed by atoms with van der Waals surface area (Å²) in [7, 11) is 0. The van der Waals surface area contributed by atoms with Crippen LogP contribution in [0.3, 0.4) is 0 Å². The summed E-state index contributed by atoms with van der Waals surface area (Å²) in [5.41, 5.74) is -0.474. The molecule has 1 aliphatic carbocycles. The number of hydrogen-bond acceptors (Lipinski definition) is 3. The fourth-order valence-electron chi connectivity index (χ4n) is 2.25. The molecule has 1 heterocycles. The van der Waals surface area contributed by atoms with E-state index in [-0.39, 0.29) is 23.8 Å². The summed E-state index contributed by atoms with van der Waals surface area (Å²) < 4.78 is 5.39. The monoisotopic (exact) mass is 265 g/mol. The number of carbonyl (C=O) groups is 2. The van der Waals surface area contributed by atoms with Crippen LogP contribution in [0, 0.1) is 5.92 Å². The maximum atomic E-state index is 12.0. The van der Waals surface area contributed by atoms with Crippen LogP contribution in [0.2, 0.25) is 0 Å². The molecule has 106 valence electrons. The Morgan fingerprint density at radius 1 is 1.21 bits per heavy atom. The maximum Gasteiger partial charge on any atom is 0.410 e. The predicted molar refractivity (Wildman–Crippen MR) is 72.8 cm³/mol. The summed E-state index contributed by atoms with van der Waals surface area (Å²) in [6, 6.07) is 0.0116. The van der Waals surface area contributed by atoms with Crippen molar-refractivity contribution in [2.75, 3.05) is 6.54 Å². The summed E-state index contributed by atoms with van der Waals surface area (Å²) in [4.78, 5) is 25.4. The van der Waals surface area contributed by atoms with E-state index in [1.165, 1.54) is 0 Å². The molecular weight excluding hydrogens is 242 g/mol. The van der Waals surface area contributed by atoms with Crippen LogP contribution in [0.1, 0.15) is 46.5 Å². The van der Waals surface area contributed by atoms with E-state index in [2.05, 4.69) is 0 Å². The topological polar surface area (TPSA) is 46.6 Å². The van der Waals surface area contributed by atoms with Crippen molar-refractivity contribution in [3.63, 3.8) is 0 Å². The Labute approximate surface area is 114 Å². The molecular formula is C15H23NO3. The van der Waals surface area contributed by atoms with Gasteiger partial charge in [-0.25, -0.2) is 4.79 Å². The summed E-state index contributed by atoms with van der Waals surface area (Å²) in [5.74, 6) is 0.448. The summed E-state index contributed by atoms with van der Waals surface area (Å²) in [5, 5.41) is 0. The molecule has 1 unspecified atom stereocenters. The fourth-order valence-corrected chi connectivity index (χ4v) is 2.25. The number of ketones is 1. The van der Waals surface area contributed by atoms with Crippen LogP contribution in [0.25, 0.3) is 0 Å². The maximum absolute atomic E-state index is 12.0. The lowest BCUT2D eigenvalue weighted by molar-refractivity contribution is -0.115. The molecule has 1 amide bonds. The minimum atomic E-state index is -0.474. The highest BCUT2D eigenvalue weighted by Gasteiger charge is 2.32. The third-order valence-corrected chi connectivity index (χ3v) is 3.39. The molecule has 0 bridgehead atoms. The fraction of sp³-hybridized carbons (Fsp3) is 0.733. The second-order valence-corrected chi connectivity index (χ2v) is 6.42. The van der Waals surface area contributed by atoms with Gasteiger partial charge in [0.2, 0.25) is 0 Å². The van der Waals surface area contributed by atoms with Crippen molar-refractivity contribution >= 4 is 11.9 Å². The standard InChI is InChI=1S/C15H23NO3/c1-15(2,3)19-14(18)16-10-4-5-12(16)8-9-13(17)11-6-7-11/h8-9,11-12H,4-7,10H2,1-3H3/b9-8+. The van der Waals surface area contributed by atoms with Gasteiger partial charge in [-0.3, -0.25) is 4.79 Å². The number of nitrogens with zero attached hydrogens (tertiary/aromatic N) is 1. The van der Waals surface area contributed by atoms with Gasteiger partial charge in [0.05, 0.1) is 6.04 Å². The first-order valence-corrected chi connectivity index (χ1v) is 7.08. The van der Waals surface area contributed by atoms with Gasteiger partial charge < -0.3 is 9.64 Å². The van der Waals surface area contributed by atoms with Gasteiger partial charge in [0, 0.05) is 12.5 Å². The quantitative estimate of drug-likeness (QED) is 0.737. The number of ether oxygens (including phenoxy) is 1. The molecule has 1 saturated heterocycles. The molecule has 19 heavy (non-hydrogen) atoms. The van der Waals surface area contributed by atoms with E-state index in [9.17, 15) is 9.59 Å². The Hall–Kier alpha value is -1.32. The van der Waals surface area contributed by atoms with E-state index < -0.39 is 5.60 Å². The first-order valence-electron chi connectivity index (χ1n) is 7.08. The molecule has 2 aliphatic rings. The van der Waals surface area contributed by atoms with Crippen molar-refractivity contribution in [3.8, 4) is 0 Å². The van der Waals surface area contributed by atoms with Crippen molar-refractivity contribution < 1.29 is 14.3 Å². The van der Waals surface area contributed by atoms with Crippen LogP contribution < -0.4 is 0 Å². The molecule has 0 aromatic heterocycles. The lowest BCUT2D eigenvalue weighted by Crippen LogP contribution is -2.39. The van der Waals surface area contributed by atoms with E-state index in [0.29, 0.717) is 6.54 Å². The first kappa shape index (κ1) is 14.1. The van der Waals surface area contributed by atoms with E-state index in [0.717, 1.165) is 25.7 Å². The number of allylic oxidation sites excluding steroid dienone is 1. The van der Waals surface area contributed by atoms with Gasteiger partial charge in [-0.1, -0.05) is 6.08 Å². The van der Waals surface area contributed by atoms with Crippen LogP contribution in [0.5, 0.6) is 0 Å². The zero-order valence-corrected chi connectivity index (χ0v) is 12.0. The van der Waals surface area contributed by atoms with Gasteiger partial charge in [0.15, 0.2) is 5.78 Å². The zero-order chi connectivity index (χ0) is 14.0. The average molecular weight is 265 g/mol. The molecule has 1 saturated carbocycles. The van der Waals surface area contributed by atoms with Crippen LogP contribution in [0.15, 0.2) is 12.2 Å². The summed E-state index contributed by atoms with van der Waals surface area (Å²) in [6.07, 6.45) is 7.16. The molecule has 0 aromatic rings.